The van der Waals surface area contributed by atoms with E-state index in [1.54, 1.807) is 36.3 Å². The number of sulfonamides is 1. The Morgan fingerprint density at radius 3 is 2.81 bits per heavy atom. The number of fused-ring (bicyclic) bond motifs is 1. The minimum absolute atomic E-state index is 0.0217. The predicted molar refractivity (Wildman–Crippen MR) is 114 cm³/mol. The summed E-state index contributed by atoms with van der Waals surface area (Å²) >= 11 is 0. The average Bonchev–Trinajstić information content (AvgIpc) is 2.77. The van der Waals surface area contributed by atoms with E-state index >= 15 is 0 Å². The van der Waals surface area contributed by atoms with Gasteiger partial charge in [-0.25, -0.2) is 13.4 Å². The van der Waals surface area contributed by atoms with Crippen molar-refractivity contribution in [2.45, 2.75) is 38.3 Å². The number of amides is 1. The first-order valence-electron chi connectivity index (χ1n) is 10.3. The number of carbonyl (C=O) groups is 1. The first kappa shape index (κ1) is 21.5. The van der Waals surface area contributed by atoms with Crippen molar-refractivity contribution in [1.82, 2.24) is 19.2 Å². The molecule has 4 rings (SSSR count). The zero-order valence-electron chi connectivity index (χ0n) is 17.6. The van der Waals surface area contributed by atoms with E-state index in [2.05, 4.69) is 9.97 Å². The quantitative estimate of drug-likeness (QED) is 0.761. The lowest BCUT2D eigenvalue weighted by Gasteiger charge is -2.35. The molecule has 1 aromatic heterocycles. The lowest BCUT2D eigenvalue weighted by molar-refractivity contribution is 0.0598. The fourth-order valence-corrected chi connectivity index (χ4v) is 5.03. The molecular weight excluding hydrogens is 420 g/mol. The minimum Gasteiger partial charge on any atom is -0.497 e. The highest BCUT2D eigenvalue weighted by Crippen LogP contribution is 2.31. The van der Waals surface area contributed by atoms with Crippen LogP contribution in [0.4, 0.5) is 0 Å². The van der Waals surface area contributed by atoms with E-state index in [0.29, 0.717) is 54.3 Å². The molecule has 1 fully saturated rings. The number of rotatable bonds is 4. The van der Waals surface area contributed by atoms with Gasteiger partial charge in [-0.05, 0) is 37.5 Å². The van der Waals surface area contributed by atoms with Crippen LogP contribution in [-0.4, -0.2) is 60.0 Å². The topological polar surface area (TPSA) is 113 Å². The predicted octanol–water partition coefficient (Wildman–Crippen LogP) is 1.46. The highest BCUT2D eigenvalue weighted by molar-refractivity contribution is 7.88. The molecule has 1 aromatic carbocycles. The zero-order valence-corrected chi connectivity index (χ0v) is 18.4. The molecule has 0 spiro atoms. The molecule has 0 aliphatic carbocycles. The van der Waals surface area contributed by atoms with E-state index in [-0.39, 0.29) is 24.1 Å². The van der Waals surface area contributed by atoms with Crippen LogP contribution in [0.5, 0.6) is 5.75 Å². The summed E-state index contributed by atoms with van der Waals surface area (Å²) in [7, 11) is -1.83. The highest BCUT2D eigenvalue weighted by atomic mass is 32.2. The van der Waals surface area contributed by atoms with E-state index in [1.807, 2.05) is 0 Å². The van der Waals surface area contributed by atoms with Gasteiger partial charge in [-0.15, -0.1) is 0 Å². The fourth-order valence-electron chi connectivity index (χ4n) is 4.24. The molecule has 2 aromatic rings. The third-order valence-corrected chi connectivity index (χ3v) is 7.17. The van der Waals surface area contributed by atoms with E-state index < -0.39 is 10.0 Å². The molecule has 166 valence electrons. The van der Waals surface area contributed by atoms with Crippen molar-refractivity contribution in [3.05, 3.63) is 57.3 Å². The number of methoxy groups -OCH3 is 1. The Labute approximate surface area is 181 Å². The zero-order chi connectivity index (χ0) is 22.2. The normalized spacial score (nSPS) is 19.7. The van der Waals surface area contributed by atoms with Crippen molar-refractivity contribution >= 4 is 15.9 Å². The number of aromatic amines is 1. The number of H-pyrrole nitrogens is 1. The Kier molecular flexibility index (Phi) is 5.85. The molecule has 0 radical (unpaired) electrons. The number of hydrogen-bond acceptors (Lipinski definition) is 6. The van der Waals surface area contributed by atoms with Crippen LogP contribution in [0, 0.1) is 0 Å². The molecule has 9 nitrogen and oxygen atoms in total. The van der Waals surface area contributed by atoms with Crippen molar-refractivity contribution in [3.8, 4) is 5.75 Å². The number of benzene rings is 1. The smallest absolute Gasteiger partial charge is 0.255 e. The summed E-state index contributed by atoms with van der Waals surface area (Å²) in [5.41, 5.74) is 1.17. The van der Waals surface area contributed by atoms with Gasteiger partial charge in [0.2, 0.25) is 10.0 Å². The number of carbonyl (C=O) groups excluding carboxylic acids is 1. The third kappa shape index (κ3) is 4.35. The number of nitrogens with one attached hydrogen (secondary N) is 1. The van der Waals surface area contributed by atoms with Gasteiger partial charge in [-0.1, -0.05) is 6.07 Å². The molecule has 1 amide bonds. The summed E-state index contributed by atoms with van der Waals surface area (Å²) in [5, 5.41) is 0. The van der Waals surface area contributed by atoms with Crippen LogP contribution in [0.15, 0.2) is 29.1 Å². The second-order valence-electron chi connectivity index (χ2n) is 7.97. The van der Waals surface area contributed by atoms with E-state index in [1.165, 1.54) is 4.31 Å². The molecule has 1 saturated heterocycles. The van der Waals surface area contributed by atoms with E-state index in [0.717, 1.165) is 19.1 Å². The van der Waals surface area contributed by atoms with Gasteiger partial charge >= 0.3 is 0 Å². The molecule has 1 unspecified atom stereocenters. The van der Waals surface area contributed by atoms with Gasteiger partial charge in [0.15, 0.2) is 0 Å². The Balaban J connectivity index is 1.65. The van der Waals surface area contributed by atoms with Crippen molar-refractivity contribution < 1.29 is 17.9 Å². The van der Waals surface area contributed by atoms with Gasteiger partial charge in [0.1, 0.15) is 11.6 Å². The SMILES string of the molecule is COc1cccc(C(=O)N2CCCCC2c2nc3c(c(=O)[nH]2)CN(S(C)(=O)=O)CC3)c1. The van der Waals surface area contributed by atoms with Crippen molar-refractivity contribution in [2.75, 3.05) is 26.5 Å². The van der Waals surface area contributed by atoms with Crippen LogP contribution in [0.3, 0.4) is 0 Å². The largest absolute Gasteiger partial charge is 0.497 e. The monoisotopic (exact) mass is 446 g/mol. The molecule has 1 N–H and O–H groups in total. The number of ether oxygens (including phenoxy) is 1. The van der Waals surface area contributed by atoms with Crippen LogP contribution >= 0.6 is 0 Å². The van der Waals surface area contributed by atoms with Gasteiger partial charge in [0, 0.05) is 31.6 Å². The molecule has 3 heterocycles. The van der Waals surface area contributed by atoms with Gasteiger partial charge in [0.25, 0.3) is 11.5 Å². The van der Waals surface area contributed by atoms with Gasteiger partial charge in [-0.3, -0.25) is 9.59 Å². The summed E-state index contributed by atoms with van der Waals surface area (Å²) < 4.78 is 30.2. The molecule has 0 bridgehead atoms. The molecule has 31 heavy (non-hydrogen) atoms. The molecule has 0 saturated carbocycles. The van der Waals surface area contributed by atoms with Crippen molar-refractivity contribution in [3.63, 3.8) is 0 Å². The maximum atomic E-state index is 13.3. The van der Waals surface area contributed by atoms with Gasteiger partial charge in [0.05, 0.1) is 30.7 Å². The fraction of sp³-hybridized carbons (Fsp3) is 0.476. The average molecular weight is 447 g/mol. The maximum absolute atomic E-state index is 13.3. The van der Waals surface area contributed by atoms with Crippen molar-refractivity contribution in [2.24, 2.45) is 0 Å². The molecular formula is C21H26N4O5S. The number of aromatic nitrogens is 2. The van der Waals surface area contributed by atoms with Crippen LogP contribution in [0.25, 0.3) is 0 Å². The molecule has 2 aliphatic rings. The molecule has 2 aliphatic heterocycles. The summed E-state index contributed by atoms with van der Waals surface area (Å²) in [6.07, 6.45) is 4.01. The standard InChI is InChI=1S/C21H26N4O5S/c1-30-15-7-5-6-14(12-15)21(27)25-10-4-3-8-18(25)19-22-17-9-11-24(31(2,28)29)13-16(17)20(26)23-19/h5-7,12,18H,3-4,8-11,13H2,1-2H3,(H,22,23,26). The first-order chi connectivity index (χ1) is 14.8. The minimum atomic E-state index is -3.38. The Hall–Kier alpha value is -2.72. The number of hydrogen-bond donors (Lipinski definition) is 1. The van der Waals surface area contributed by atoms with Gasteiger partial charge in [-0.2, -0.15) is 4.31 Å². The lowest BCUT2D eigenvalue weighted by atomic mass is 9.99. The number of nitrogens with zero attached hydrogens (tertiary/aromatic N) is 3. The summed E-state index contributed by atoms with van der Waals surface area (Å²) in [4.78, 5) is 35.3. The van der Waals surface area contributed by atoms with Crippen LogP contribution in [0.2, 0.25) is 0 Å². The summed E-state index contributed by atoms with van der Waals surface area (Å²) in [6.45, 7) is 0.885. The Morgan fingerprint density at radius 1 is 1.26 bits per heavy atom. The van der Waals surface area contributed by atoms with Crippen molar-refractivity contribution in [1.29, 1.82) is 0 Å². The van der Waals surface area contributed by atoms with Crippen LogP contribution in [0.1, 0.15) is 52.7 Å². The van der Waals surface area contributed by atoms with Crippen LogP contribution in [-0.2, 0) is 23.0 Å². The number of piperidine rings is 1. The number of likely N-dealkylation sites (tertiary alicyclic amines) is 1. The second-order valence-corrected chi connectivity index (χ2v) is 9.95. The molecule has 10 heteroatoms. The second kappa shape index (κ2) is 8.43. The van der Waals surface area contributed by atoms with E-state index in [9.17, 15) is 18.0 Å². The highest BCUT2D eigenvalue weighted by Gasteiger charge is 2.33. The maximum Gasteiger partial charge on any atom is 0.255 e. The first-order valence-corrected chi connectivity index (χ1v) is 12.1. The van der Waals surface area contributed by atoms with E-state index in [4.69, 9.17) is 4.74 Å². The third-order valence-electron chi connectivity index (χ3n) is 5.92. The Morgan fingerprint density at radius 2 is 2.06 bits per heavy atom. The summed E-state index contributed by atoms with van der Waals surface area (Å²) in [6, 6.07) is 6.68. The Bertz CT molecular complexity index is 1160. The molecule has 1 atom stereocenters. The van der Waals surface area contributed by atoms with Gasteiger partial charge < -0.3 is 14.6 Å². The summed E-state index contributed by atoms with van der Waals surface area (Å²) in [5.74, 6) is 0.940. The van der Waals surface area contributed by atoms with Crippen LogP contribution < -0.4 is 10.3 Å². The lowest BCUT2D eigenvalue weighted by Crippen LogP contribution is -2.42.